The molecule has 1 aromatic heterocycles. The standard InChI is InChI=1S/C15H23BrN2S/c1-10(17)15(14-8-12(16)9-19-14)18-7-3-5-11-4-2-6-13(11)18/h8-11,13,15H,2-7,17H2,1H3. The summed E-state index contributed by atoms with van der Waals surface area (Å²) in [6.45, 7) is 3.39. The van der Waals surface area contributed by atoms with Crippen LogP contribution in [0, 0.1) is 5.92 Å². The van der Waals surface area contributed by atoms with Crippen LogP contribution < -0.4 is 5.73 Å². The molecule has 0 radical (unpaired) electrons. The maximum absolute atomic E-state index is 6.34. The van der Waals surface area contributed by atoms with Gasteiger partial charge in [-0.1, -0.05) is 6.42 Å². The highest BCUT2D eigenvalue weighted by Crippen LogP contribution is 2.42. The third kappa shape index (κ3) is 2.78. The zero-order valence-corrected chi connectivity index (χ0v) is 13.9. The predicted octanol–water partition coefficient (Wildman–Crippen LogP) is 4.16. The molecule has 4 unspecified atom stereocenters. The van der Waals surface area contributed by atoms with E-state index in [1.54, 1.807) is 0 Å². The van der Waals surface area contributed by atoms with Crippen molar-refractivity contribution >= 4 is 27.3 Å². The summed E-state index contributed by atoms with van der Waals surface area (Å²) in [6, 6.07) is 3.65. The van der Waals surface area contributed by atoms with Crippen LogP contribution in [0.5, 0.6) is 0 Å². The molecule has 19 heavy (non-hydrogen) atoms. The van der Waals surface area contributed by atoms with Crippen LogP contribution in [0.1, 0.15) is 49.9 Å². The summed E-state index contributed by atoms with van der Waals surface area (Å²) >= 11 is 5.43. The molecule has 2 N–H and O–H groups in total. The smallest absolute Gasteiger partial charge is 0.0593 e. The Balaban J connectivity index is 1.87. The predicted molar refractivity (Wildman–Crippen MR) is 85.5 cm³/mol. The molecule has 2 fully saturated rings. The van der Waals surface area contributed by atoms with Crippen molar-refractivity contribution in [3.63, 3.8) is 0 Å². The summed E-state index contributed by atoms with van der Waals surface area (Å²) < 4.78 is 1.19. The molecule has 1 saturated heterocycles. The molecule has 1 saturated carbocycles. The van der Waals surface area contributed by atoms with Crippen LogP contribution in [-0.4, -0.2) is 23.5 Å². The topological polar surface area (TPSA) is 29.3 Å². The number of fused-ring (bicyclic) bond motifs is 1. The van der Waals surface area contributed by atoms with E-state index < -0.39 is 0 Å². The van der Waals surface area contributed by atoms with Gasteiger partial charge in [0.25, 0.3) is 0 Å². The fourth-order valence-corrected chi connectivity index (χ4v) is 5.73. The van der Waals surface area contributed by atoms with Gasteiger partial charge in [0.15, 0.2) is 0 Å². The lowest BCUT2D eigenvalue weighted by Gasteiger charge is -2.44. The Morgan fingerprint density at radius 3 is 2.84 bits per heavy atom. The van der Waals surface area contributed by atoms with Gasteiger partial charge in [0.1, 0.15) is 0 Å². The van der Waals surface area contributed by atoms with Crippen molar-refractivity contribution in [1.29, 1.82) is 0 Å². The summed E-state index contributed by atoms with van der Waals surface area (Å²) in [5, 5.41) is 2.18. The van der Waals surface area contributed by atoms with Gasteiger partial charge in [0.2, 0.25) is 0 Å². The quantitative estimate of drug-likeness (QED) is 0.893. The Hall–Kier alpha value is 0.1000. The van der Waals surface area contributed by atoms with E-state index in [2.05, 4.69) is 39.2 Å². The highest BCUT2D eigenvalue weighted by Gasteiger charge is 2.39. The minimum absolute atomic E-state index is 0.199. The lowest BCUT2D eigenvalue weighted by atomic mass is 9.89. The number of nitrogens with zero attached hydrogens (tertiary/aromatic N) is 1. The molecule has 2 aliphatic rings. The monoisotopic (exact) mass is 342 g/mol. The molecule has 1 aliphatic carbocycles. The second-order valence-electron chi connectivity index (χ2n) is 6.11. The number of piperidine rings is 1. The van der Waals surface area contributed by atoms with E-state index >= 15 is 0 Å². The van der Waals surface area contributed by atoms with Crippen molar-refractivity contribution < 1.29 is 0 Å². The Morgan fingerprint density at radius 2 is 2.16 bits per heavy atom. The van der Waals surface area contributed by atoms with Gasteiger partial charge >= 0.3 is 0 Å². The molecular weight excluding hydrogens is 320 g/mol. The third-order valence-electron chi connectivity index (χ3n) is 4.77. The number of likely N-dealkylation sites (tertiary alicyclic amines) is 1. The summed E-state index contributed by atoms with van der Waals surface area (Å²) in [4.78, 5) is 4.15. The summed E-state index contributed by atoms with van der Waals surface area (Å²) in [5.74, 6) is 0.929. The van der Waals surface area contributed by atoms with Gasteiger partial charge in [-0.2, -0.15) is 0 Å². The summed E-state index contributed by atoms with van der Waals surface area (Å²) in [7, 11) is 0. The average molecular weight is 343 g/mol. The molecule has 0 spiro atoms. The number of rotatable bonds is 3. The Bertz CT molecular complexity index is 432. The fourth-order valence-electron chi connectivity index (χ4n) is 4.05. The van der Waals surface area contributed by atoms with E-state index in [0.29, 0.717) is 6.04 Å². The molecular formula is C15H23BrN2S. The molecule has 4 heteroatoms. The lowest BCUT2D eigenvalue weighted by Crippen LogP contribution is -2.49. The molecule has 3 rings (SSSR count). The number of hydrogen-bond acceptors (Lipinski definition) is 3. The third-order valence-corrected chi connectivity index (χ3v) is 6.53. The highest BCUT2D eigenvalue weighted by molar-refractivity contribution is 9.10. The Morgan fingerprint density at radius 1 is 1.37 bits per heavy atom. The molecule has 1 aliphatic heterocycles. The average Bonchev–Trinajstić information content (AvgIpc) is 2.98. The summed E-state index contributed by atoms with van der Waals surface area (Å²) in [6.07, 6.45) is 6.99. The second-order valence-corrected chi connectivity index (χ2v) is 7.97. The zero-order valence-electron chi connectivity index (χ0n) is 11.5. The normalized spacial score (nSPS) is 31.1. The Kier molecular flexibility index (Phi) is 4.32. The first-order valence-electron chi connectivity index (χ1n) is 7.42. The first-order valence-corrected chi connectivity index (χ1v) is 9.09. The molecule has 2 nitrogen and oxygen atoms in total. The molecule has 106 valence electrons. The van der Waals surface area contributed by atoms with Crippen molar-refractivity contribution in [3.05, 3.63) is 20.8 Å². The van der Waals surface area contributed by atoms with E-state index in [9.17, 15) is 0 Å². The number of halogens is 1. The maximum Gasteiger partial charge on any atom is 0.0593 e. The highest BCUT2D eigenvalue weighted by atomic mass is 79.9. The SMILES string of the molecule is CC(N)C(c1cc(Br)cs1)N1CCCC2CCCC21. The fraction of sp³-hybridized carbons (Fsp3) is 0.733. The minimum Gasteiger partial charge on any atom is -0.326 e. The van der Waals surface area contributed by atoms with E-state index in [1.165, 1.54) is 48.0 Å². The maximum atomic E-state index is 6.34. The van der Waals surface area contributed by atoms with Crippen molar-refractivity contribution in [2.75, 3.05) is 6.54 Å². The number of hydrogen-bond donors (Lipinski definition) is 1. The van der Waals surface area contributed by atoms with Crippen LogP contribution in [0.15, 0.2) is 15.9 Å². The first-order chi connectivity index (χ1) is 9.16. The van der Waals surface area contributed by atoms with Gasteiger partial charge in [0, 0.05) is 26.8 Å². The van der Waals surface area contributed by atoms with E-state index in [-0.39, 0.29) is 6.04 Å². The number of thiophene rings is 1. The summed E-state index contributed by atoms with van der Waals surface area (Å²) in [5.41, 5.74) is 6.34. The van der Waals surface area contributed by atoms with E-state index in [1.807, 2.05) is 11.3 Å². The van der Waals surface area contributed by atoms with Crippen molar-refractivity contribution in [2.45, 2.75) is 57.2 Å². The minimum atomic E-state index is 0.199. The van der Waals surface area contributed by atoms with Crippen LogP contribution >= 0.6 is 27.3 Å². The molecule has 2 heterocycles. The number of nitrogens with two attached hydrogens (primary N) is 1. The van der Waals surface area contributed by atoms with Crippen LogP contribution in [-0.2, 0) is 0 Å². The molecule has 0 aromatic carbocycles. The second kappa shape index (κ2) is 5.84. The van der Waals surface area contributed by atoms with Crippen LogP contribution in [0.3, 0.4) is 0 Å². The van der Waals surface area contributed by atoms with Crippen molar-refractivity contribution in [3.8, 4) is 0 Å². The van der Waals surface area contributed by atoms with Gasteiger partial charge < -0.3 is 5.73 Å². The van der Waals surface area contributed by atoms with Crippen LogP contribution in [0.2, 0.25) is 0 Å². The lowest BCUT2D eigenvalue weighted by molar-refractivity contribution is 0.0587. The van der Waals surface area contributed by atoms with Gasteiger partial charge in [-0.15, -0.1) is 11.3 Å². The van der Waals surface area contributed by atoms with Crippen molar-refractivity contribution in [1.82, 2.24) is 4.90 Å². The van der Waals surface area contributed by atoms with E-state index in [0.717, 1.165) is 12.0 Å². The van der Waals surface area contributed by atoms with Gasteiger partial charge in [-0.25, -0.2) is 0 Å². The zero-order chi connectivity index (χ0) is 13.4. The van der Waals surface area contributed by atoms with Crippen LogP contribution in [0.4, 0.5) is 0 Å². The Labute approximate surface area is 128 Å². The largest absolute Gasteiger partial charge is 0.326 e. The van der Waals surface area contributed by atoms with Crippen LogP contribution in [0.25, 0.3) is 0 Å². The first kappa shape index (κ1) is 14.1. The van der Waals surface area contributed by atoms with Gasteiger partial charge in [-0.05, 0) is 67.1 Å². The van der Waals surface area contributed by atoms with E-state index in [4.69, 9.17) is 5.73 Å². The van der Waals surface area contributed by atoms with Gasteiger partial charge in [-0.3, -0.25) is 4.90 Å². The molecule has 1 aromatic rings. The van der Waals surface area contributed by atoms with Crippen molar-refractivity contribution in [2.24, 2.45) is 11.7 Å². The molecule has 0 bridgehead atoms. The van der Waals surface area contributed by atoms with Gasteiger partial charge in [0.05, 0.1) is 6.04 Å². The molecule has 0 amide bonds. The molecule has 4 atom stereocenters.